The van der Waals surface area contributed by atoms with E-state index in [-0.39, 0.29) is 24.5 Å². The molecule has 1 saturated heterocycles. The second-order valence-corrected chi connectivity index (χ2v) is 8.73. The van der Waals surface area contributed by atoms with Gasteiger partial charge in [-0.3, -0.25) is 9.59 Å². The largest absolute Gasteiger partial charge is 0.482 e. The van der Waals surface area contributed by atoms with Gasteiger partial charge in [-0.2, -0.15) is 0 Å². The minimum absolute atomic E-state index is 0.0171. The van der Waals surface area contributed by atoms with E-state index in [1.807, 2.05) is 47.4 Å². The third-order valence-electron chi connectivity index (χ3n) is 5.78. The van der Waals surface area contributed by atoms with E-state index in [4.69, 9.17) is 9.72 Å². The smallest absolute Gasteiger partial charge is 0.265 e. The first-order chi connectivity index (χ1) is 14.7. The number of nitrogens with zero attached hydrogens (tertiary/aromatic N) is 3. The third kappa shape index (κ3) is 3.54. The summed E-state index contributed by atoms with van der Waals surface area (Å²) in [6.07, 6.45) is 3.33. The summed E-state index contributed by atoms with van der Waals surface area (Å²) in [6, 6.07) is 15.6. The summed E-state index contributed by atoms with van der Waals surface area (Å²) in [5.41, 5.74) is 1.73. The van der Waals surface area contributed by atoms with Gasteiger partial charge in [-0.1, -0.05) is 24.3 Å². The van der Waals surface area contributed by atoms with Crippen LogP contribution >= 0.6 is 11.3 Å². The molecule has 5 rings (SSSR count). The highest BCUT2D eigenvalue weighted by Crippen LogP contribution is 2.36. The molecule has 2 aromatic carbocycles. The molecule has 0 saturated carbocycles. The Balaban J connectivity index is 1.33. The van der Waals surface area contributed by atoms with Gasteiger partial charge in [0.2, 0.25) is 5.91 Å². The van der Waals surface area contributed by atoms with Gasteiger partial charge in [0.1, 0.15) is 10.8 Å². The Kier molecular flexibility index (Phi) is 5.12. The Morgan fingerprint density at radius 2 is 1.97 bits per heavy atom. The lowest BCUT2D eigenvalue weighted by molar-refractivity contribution is -0.134. The second-order valence-electron chi connectivity index (χ2n) is 7.67. The molecule has 7 heteroatoms. The lowest BCUT2D eigenvalue weighted by atomic mass is 10.0. The first-order valence-electron chi connectivity index (χ1n) is 10.4. The number of benzene rings is 2. The van der Waals surface area contributed by atoms with Gasteiger partial charge in [0, 0.05) is 19.5 Å². The molecule has 1 atom stereocenters. The minimum atomic E-state index is -0.108. The van der Waals surface area contributed by atoms with Gasteiger partial charge in [0.05, 0.1) is 21.9 Å². The van der Waals surface area contributed by atoms with Crippen LogP contribution in [0.5, 0.6) is 5.75 Å². The van der Waals surface area contributed by atoms with Crippen molar-refractivity contribution in [1.82, 2.24) is 9.88 Å². The molecule has 3 heterocycles. The molecule has 2 amide bonds. The minimum Gasteiger partial charge on any atom is -0.482 e. The molecule has 2 aliphatic rings. The monoisotopic (exact) mass is 421 g/mol. The van der Waals surface area contributed by atoms with Crippen LogP contribution in [0.25, 0.3) is 10.2 Å². The maximum atomic E-state index is 13.2. The molecule has 0 N–H and O–H groups in total. The van der Waals surface area contributed by atoms with Gasteiger partial charge in [-0.05, 0) is 43.5 Å². The first kappa shape index (κ1) is 19.1. The fourth-order valence-electron chi connectivity index (χ4n) is 4.27. The number of anilines is 1. The SMILES string of the molecule is O=C1COc2ccccc2N1CCC(=O)N1CCCC[C@H]1c1nc2ccccc2s1. The highest BCUT2D eigenvalue weighted by molar-refractivity contribution is 7.18. The van der Waals surface area contributed by atoms with Crippen molar-refractivity contribution in [3.8, 4) is 5.75 Å². The molecular weight excluding hydrogens is 398 g/mol. The number of hydrogen-bond acceptors (Lipinski definition) is 5. The van der Waals surface area contributed by atoms with Gasteiger partial charge >= 0.3 is 0 Å². The molecule has 0 bridgehead atoms. The average molecular weight is 422 g/mol. The van der Waals surface area contributed by atoms with Gasteiger partial charge in [-0.25, -0.2) is 4.98 Å². The Labute approximate surface area is 179 Å². The summed E-state index contributed by atoms with van der Waals surface area (Å²) in [5, 5.41) is 1.01. The Hall–Kier alpha value is -2.93. The number of rotatable bonds is 4. The average Bonchev–Trinajstić information content (AvgIpc) is 3.22. The summed E-state index contributed by atoms with van der Waals surface area (Å²) >= 11 is 1.68. The van der Waals surface area contributed by atoms with Crippen molar-refractivity contribution in [3.63, 3.8) is 0 Å². The normalized spacial score (nSPS) is 18.9. The van der Waals surface area contributed by atoms with E-state index in [0.717, 1.165) is 46.7 Å². The number of likely N-dealkylation sites (tertiary alicyclic amines) is 1. The quantitative estimate of drug-likeness (QED) is 0.634. The highest BCUT2D eigenvalue weighted by Gasteiger charge is 2.32. The molecule has 30 heavy (non-hydrogen) atoms. The number of carbonyl (C=O) groups excluding carboxylic acids is 2. The van der Waals surface area contributed by atoms with E-state index in [9.17, 15) is 9.59 Å². The molecule has 1 aromatic heterocycles. The van der Waals surface area contributed by atoms with Crippen LogP contribution in [0.2, 0.25) is 0 Å². The molecule has 1 fully saturated rings. The zero-order valence-electron chi connectivity index (χ0n) is 16.6. The second kappa shape index (κ2) is 8.07. The number of fused-ring (bicyclic) bond motifs is 2. The van der Waals surface area contributed by atoms with Gasteiger partial charge in [-0.15, -0.1) is 11.3 Å². The number of aromatic nitrogens is 1. The molecule has 0 unspecified atom stereocenters. The Bertz CT molecular complexity index is 1060. The van der Waals surface area contributed by atoms with Gasteiger partial charge in [0.15, 0.2) is 6.61 Å². The molecule has 154 valence electrons. The Morgan fingerprint density at radius 3 is 2.87 bits per heavy atom. The number of para-hydroxylation sites is 3. The number of ether oxygens (including phenoxy) is 1. The van der Waals surface area contributed by atoms with Gasteiger partial charge in [0.25, 0.3) is 5.91 Å². The van der Waals surface area contributed by atoms with Crippen molar-refractivity contribution < 1.29 is 14.3 Å². The van der Waals surface area contributed by atoms with Crippen LogP contribution < -0.4 is 9.64 Å². The molecule has 2 aliphatic heterocycles. The highest BCUT2D eigenvalue weighted by atomic mass is 32.1. The van der Waals surface area contributed by atoms with Crippen molar-refractivity contribution in [2.24, 2.45) is 0 Å². The predicted octanol–water partition coefficient (Wildman–Crippen LogP) is 4.17. The zero-order chi connectivity index (χ0) is 20.5. The maximum Gasteiger partial charge on any atom is 0.265 e. The molecule has 0 radical (unpaired) electrons. The standard InChI is InChI=1S/C23H23N3O3S/c27-21(12-14-26-17-8-2-3-10-19(17)29-15-22(26)28)25-13-6-5-9-18(25)23-24-16-7-1-4-11-20(16)30-23/h1-4,7-8,10-11,18H,5-6,9,12-15H2/t18-/m0/s1. The third-order valence-corrected chi connectivity index (χ3v) is 6.91. The van der Waals surface area contributed by atoms with E-state index in [1.165, 1.54) is 0 Å². The van der Waals surface area contributed by atoms with Crippen LogP contribution in [0, 0.1) is 0 Å². The number of carbonyl (C=O) groups is 2. The lowest BCUT2D eigenvalue weighted by Gasteiger charge is -2.35. The number of piperidine rings is 1. The van der Waals surface area contributed by atoms with E-state index in [2.05, 4.69) is 6.07 Å². The Morgan fingerprint density at radius 1 is 1.13 bits per heavy atom. The summed E-state index contributed by atoms with van der Waals surface area (Å²) in [6.45, 7) is 1.12. The van der Waals surface area contributed by atoms with E-state index < -0.39 is 0 Å². The molecule has 3 aromatic rings. The van der Waals surface area contributed by atoms with Crippen LogP contribution in [0.15, 0.2) is 48.5 Å². The maximum absolute atomic E-state index is 13.2. The van der Waals surface area contributed by atoms with Crippen molar-refractivity contribution in [1.29, 1.82) is 0 Å². The summed E-state index contributed by atoms with van der Waals surface area (Å²) in [5.74, 6) is 0.661. The van der Waals surface area contributed by atoms with Crippen LogP contribution in [-0.2, 0) is 9.59 Å². The van der Waals surface area contributed by atoms with Crippen LogP contribution in [0.3, 0.4) is 0 Å². The fourth-order valence-corrected chi connectivity index (χ4v) is 5.38. The number of amides is 2. The van der Waals surface area contributed by atoms with Crippen LogP contribution in [0.4, 0.5) is 5.69 Å². The summed E-state index contributed by atoms with van der Waals surface area (Å²) in [4.78, 5) is 34.0. The van der Waals surface area contributed by atoms with Crippen molar-refractivity contribution >= 4 is 39.1 Å². The fraction of sp³-hybridized carbons (Fsp3) is 0.348. The van der Waals surface area contributed by atoms with E-state index in [1.54, 1.807) is 16.2 Å². The number of hydrogen-bond donors (Lipinski definition) is 0. The van der Waals surface area contributed by atoms with Crippen LogP contribution in [0.1, 0.15) is 36.7 Å². The van der Waals surface area contributed by atoms with Crippen molar-refractivity contribution in [3.05, 3.63) is 53.5 Å². The molecule has 0 aliphatic carbocycles. The van der Waals surface area contributed by atoms with Crippen LogP contribution in [-0.4, -0.2) is 41.4 Å². The molecular formula is C23H23N3O3S. The predicted molar refractivity (Wildman–Crippen MR) is 117 cm³/mol. The molecule has 6 nitrogen and oxygen atoms in total. The van der Waals surface area contributed by atoms with E-state index >= 15 is 0 Å². The summed E-state index contributed by atoms with van der Waals surface area (Å²) < 4.78 is 6.65. The van der Waals surface area contributed by atoms with Crippen molar-refractivity contribution in [2.45, 2.75) is 31.7 Å². The zero-order valence-corrected chi connectivity index (χ0v) is 17.4. The van der Waals surface area contributed by atoms with E-state index in [0.29, 0.717) is 18.7 Å². The van der Waals surface area contributed by atoms with Crippen molar-refractivity contribution in [2.75, 3.05) is 24.6 Å². The first-order valence-corrected chi connectivity index (χ1v) is 11.2. The lowest BCUT2D eigenvalue weighted by Crippen LogP contribution is -2.43. The molecule has 0 spiro atoms. The number of thiazole rings is 1. The summed E-state index contributed by atoms with van der Waals surface area (Å²) in [7, 11) is 0. The van der Waals surface area contributed by atoms with Gasteiger partial charge < -0.3 is 14.5 Å². The topological polar surface area (TPSA) is 62.7 Å².